The summed E-state index contributed by atoms with van der Waals surface area (Å²) in [6.45, 7) is 4.46. The molecule has 6 heteroatoms. The molecule has 110 valence electrons. The Labute approximate surface area is 118 Å². The first-order valence-electron chi connectivity index (χ1n) is 6.70. The number of amides is 2. The number of aliphatic carboxylic acids is 1. The van der Waals surface area contributed by atoms with E-state index >= 15 is 0 Å². The lowest BCUT2D eigenvalue weighted by Gasteiger charge is -2.40. The first-order valence-corrected chi connectivity index (χ1v) is 7.92. The van der Waals surface area contributed by atoms with Crippen molar-refractivity contribution >= 4 is 23.8 Å². The number of thioether (sulfide) groups is 1. The van der Waals surface area contributed by atoms with Crippen LogP contribution in [0.5, 0.6) is 0 Å². The molecule has 0 aromatic heterocycles. The van der Waals surface area contributed by atoms with Crippen LogP contribution >= 0.6 is 11.8 Å². The minimum atomic E-state index is -0.890. The Morgan fingerprint density at radius 2 is 2.00 bits per heavy atom. The molecule has 0 heterocycles. The molecule has 1 rings (SSSR count). The van der Waals surface area contributed by atoms with Gasteiger partial charge < -0.3 is 15.7 Å². The summed E-state index contributed by atoms with van der Waals surface area (Å²) in [5.41, 5.74) is 0. The van der Waals surface area contributed by atoms with Gasteiger partial charge in [-0.1, -0.05) is 20.3 Å². The molecule has 2 amide bonds. The van der Waals surface area contributed by atoms with Gasteiger partial charge in [0, 0.05) is 17.3 Å². The summed E-state index contributed by atoms with van der Waals surface area (Å²) in [4.78, 5) is 22.6. The van der Waals surface area contributed by atoms with Gasteiger partial charge in [0.25, 0.3) is 0 Å². The molecule has 1 fully saturated rings. The van der Waals surface area contributed by atoms with Gasteiger partial charge in [-0.3, -0.25) is 4.79 Å². The van der Waals surface area contributed by atoms with Crippen molar-refractivity contribution in [2.75, 3.05) is 12.8 Å². The molecule has 1 atom stereocenters. The molecule has 1 aliphatic carbocycles. The van der Waals surface area contributed by atoms with Crippen LogP contribution in [0.25, 0.3) is 0 Å². The lowest BCUT2D eigenvalue weighted by Crippen LogP contribution is -2.51. The molecule has 0 radical (unpaired) electrons. The summed E-state index contributed by atoms with van der Waals surface area (Å²) in [5, 5.41) is 14.4. The fourth-order valence-electron chi connectivity index (χ4n) is 2.13. The number of carbonyl (C=O) groups excluding carboxylic acids is 1. The molecular weight excluding hydrogens is 264 g/mol. The highest BCUT2D eigenvalue weighted by Gasteiger charge is 2.36. The van der Waals surface area contributed by atoms with Crippen LogP contribution in [0.4, 0.5) is 4.79 Å². The van der Waals surface area contributed by atoms with Crippen LogP contribution in [-0.2, 0) is 4.79 Å². The predicted molar refractivity (Wildman–Crippen MR) is 77.5 cm³/mol. The first-order chi connectivity index (χ1) is 8.88. The van der Waals surface area contributed by atoms with E-state index in [1.54, 1.807) is 11.8 Å². The number of rotatable bonds is 7. The molecule has 0 bridgehead atoms. The molecule has 5 nitrogen and oxygen atoms in total. The average Bonchev–Trinajstić information content (AvgIpc) is 2.26. The monoisotopic (exact) mass is 288 g/mol. The average molecular weight is 288 g/mol. The lowest BCUT2D eigenvalue weighted by molar-refractivity contribution is -0.137. The summed E-state index contributed by atoms with van der Waals surface area (Å²) < 4.78 is 0.192. The van der Waals surface area contributed by atoms with Gasteiger partial charge in [0.2, 0.25) is 0 Å². The van der Waals surface area contributed by atoms with Gasteiger partial charge in [-0.25, -0.2) is 4.79 Å². The second kappa shape index (κ2) is 7.03. The molecule has 1 aliphatic rings. The molecule has 0 saturated heterocycles. The van der Waals surface area contributed by atoms with Crippen molar-refractivity contribution in [3.63, 3.8) is 0 Å². The van der Waals surface area contributed by atoms with Gasteiger partial charge in [0.15, 0.2) is 0 Å². The van der Waals surface area contributed by atoms with E-state index in [2.05, 4.69) is 16.9 Å². The number of carboxylic acid groups (broad SMARTS) is 1. The van der Waals surface area contributed by atoms with Crippen LogP contribution in [0.15, 0.2) is 0 Å². The smallest absolute Gasteiger partial charge is 0.315 e. The van der Waals surface area contributed by atoms with E-state index in [9.17, 15) is 9.59 Å². The van der Waals surface area contributed by atoms with Gasteiger partial charge in [0.1, 0.15) is 0 Å². The van der Waals surface area contributed by atoms with Gasteiger partial charge in [-0.05, 0) is 25.0 Å². The highest BCUT2D eigenvalue weighted by molar-refractivity contribution is 8.00. The van der Waals surface area contributed by atoms with E-state index in [1.165, 1.54) is 6.42 Å². The third-order valence-corrected chi connectivity index (χ3v) is 5.20. The standard InChI is InChI=1S/C13H24N2O3S/c1-9(2)10(7-11(16)17)15-12(18)14-8-13(19-3)5-4-6-13/h9-10H,4-8H2,1-3H3,(H,16,17)(H2,14,15,18). The lowest BCUT2D eigenvalue weighted by atomic mass is 9.84. The largest absolute Gasteiger partial charge is 0.481 e. The third-order valence-electron chi connectivity index (χ3n) is 3.78. The van der Waals surface area contributed by atoms with Crippen LogP contribution in [0.3, 0.4) is 0 Å². The normalized spacial score (nSPS) is 18.5. The van der Waals surface area contributed by atoms with E-state index < -0.39 is 5.97 Å². The predicted octanol–water partition coefficient (Wildman–Crippen LogP) is 2.07. The van der Waals surface area contributed by atoms with Crippen molar-refractivity contribution < 1.29 is 14.7 Å². The van der Waals surface area contributed by atoms with E-state index in [0.717, 1.165) is 12.8 Å². The Bertz CT molecular complexity index is 324. The maximum Gasteiger partial charge on any atom is 0.315 e. The molecule has 0 aromatic rings. The molecule has 19 heavy (non-hydrogen) atoms. The van der Waals surface area contributed by atoms with Crippen LogP contribution in [0, 0.1) is 5.92 Å². The molecule has 0 aliphatic heterocycles. The summed E-state index contributed by atoms with van der Waals surface area (Å²) in [6, 6.07) is -0.593. The first kappa shape index (κ1) is 16.1. The van der Waals surface area contributed by atoms with E-state index in [0.29, 0.717) is 6.54 Å². The number of urea groups is 1. The topological polar surface area (TPSA) is 78.4 Å². The van der Waals surface area contributed by atoms with Crippen molar-refractivity contribution in [2.45, 2.75) is 50.3 Å². The summed E-state index contributed by atoms with van der Waals surface area (Å²) in [7, 11) is 0. The van der Waals surface area contributed by atoms with Crippen molar-refractivity contribution in [3.8, 4) is 0 Å². The Balaban J connectivity index is 2.38. The Hall–Kier alpha value is -0.910. The zero-order valence-corrected chi connectivity index (χ0v) is 12.7. The molecule has 1 unspecified atom stereocenters. The number of hydrogen-bond donors (Lipinski definition) is 3. The van der Waals surface area contributed by atoms with Crippen LogP contribution in [0.1, 0.15) is 39.5 Å². The Morgan fingerprint density at radius 1 is 1.37 bits per heavy atom. The van der Waals surface area contributed by atoms with Gasteiger partial charge >= 0.3 is 12.0 Å². The fraction of sp³-hybridized carbons (Fsp3) is 0.846. The Morgan fingerprint density at radius 3 is 2.37 bits per heavy atom. The van der Waals surface area contributed by atoms with Crippen molar-refractivity contribution in [1.82, 2.24) is 10.6 Å². The maximum absolute atomic E-state index is 11.8. The summed E-state index contributed by atoms with van der Waals surface area (Å²) >= 11 is 1.80. The van der Waals surface area contributed by atoms with Crippen LogP contribution in [0.2, 0.25) is 0 Å². The molecule has 0 aromatic carbocycles. The van der Waals surface area contributed by atoms with Gasteiger partial charge in [-0.15, -0.1) is 0 Å². The van der Waals surface area contributed by atoms with Crippen LogP contribution < -0.4 is 10.6 Å². The van der Waals surface area contributed by atoms with Crippen molar-refractivity contribution in [3.05, 3.63) is 0 Å². The highest BCUT2D eigenvalue weighted by atomic mass is 32.2. The van der Waals surface area contributed by atoms with E-state index in [-0.39, 0.29) is 29.2 Å². The maximum atomic E-state index is 11.8. The Kier molecular flexibility index (Phi) is 5.97. The zero-order chi connectivity index (χ0) is 14.5. The highest BCUT2D eigenvalue weighted by Crippen LogP contribution is 2.42. The van der Waals surface area contributed by atoms with Gasteiger partial charge in [0.05, 0.1) is 6.42 Å². The van der Waals surface area contributed by atoms with Gasteiger partial charge in [-0.2, -0.15) is 11.8 Å². The number of nitrogens with one attached hydrogen (secondary N) is 2. The second-order valence-corrected chi connectivity index (χ2v) is 6.79. The number of carbonyl (C=O) groups is 2. The fourth-order valence-corrected chi connectivity index (χ4v) is 3.04. The zero-order valence-electron chi connectivity index (χ0n) is 11.9. The SMILES string of the molecule is CSC1(CNC(=O)NC(CC(=O)O)C(C)C)CCC1. The minimum Gasteiger partial charge on any atom is -0.481 e. The molecule has 1 saturated carbocycles. The second-order valence-electron chi connectivity index (χ2n) is 5.52. The quantitative estimate of drug-likeness (QED) is 0.670. The van der Waals surface area contributed by atoms with Crippen molar-refractivity contribution in [1.29, 1.82) is 0 Å². The molecular formula is C13H24N2O3S. The van der Waals surface area contributed by atoms with E-state index in [4.69, 9.17) is 5.11 Å². The molecule has 0 spiro atoms. The van der Waals surface area contributed by atoms with E-state index in [1.807, 2.05) is 13.8 Å². The summed E-state index contributed by atoms with van der Waals surface area (Å²) in [6.07, 6.45) is 5.52. The number of hydrogen-bond acceptors (Lipinski definition) is 3. The minimum absolute atomic E-state index is 0.0429. The number of carboxylic acids is 1. The molecule has 3 N–H and O–H groups in total. The third kappa shape index (κ3) is 4.93. The van der Waals surface area contributed by atoms with Crippen molar-refractivity contribution in [2.24, 2.45) is 5.92 Å². The van der Waals surface area contributed by atoms with Crippen LogP contribution in [-0.4, -0.2) is 40.7 Å². The summed E-state index contributed by atoms with van der Waals surface area (Å²) in [5.74, 6) is -0.793.